The number of carbonyl (C=O) groups excluding carboxylic acids is 1. The normalized spacial score (nSPS) is 11.1. The summed E-state index contributed by atoms with van der Waals surface area (Å²) < 4.78 is 41.0. The lowest BCUT2D eigenvalue weighted by molar-refractivity contribution is -0.173. The molecular weight excluding hydrogens is 255 g/mol. The lowest BCUT2D eigenvalue weighted by Crippen LogP contribution is -2.36. The Morgan fingerprint density at radius 3 is 2.65 bits per heavy atom. The second-order valence-corrected chi connectivity index (χ2v) is 3.54. The highest BCUT2D eigenvalue weighted by atomic mass is 32.2. The van der Waals surface area contributed by atoms with Gasteiger partial charge in [-0.1, -0.05) is 18.2 Å². The van der Waals surface area contributed by atoms with Crippen LogP contribution in [-0.2, 0) is 11.3 Å². The number of benzene rings is 1. The van der Waals surface area contributed by atoms with Crippen LogP contribution in [-0.4, -0.2) is 18.3 Å². The Morgan fingerprint density at radius 2 is 2.06 bits per heavy atom. The van der Waals surface area contributed by atoms with Crippen molar-refractivity contribution in [1.29, 1.82) is 0 Å². The first-order valence-electron chi connectivity index (χ1n) is 4.58. The molecule has 0 aromatic heterocycles. The van der Waals surface area contributed by atoms with Crippen LogP contribution in [0, 0.1) is 0 Å². The molecule has 3 nitrogen and oxygen atoms in total. The summed E-state index contributed by atoms with van der Waals surface area (Å²) in [6.45, 7) is -0.227. The molecule has 0 bridgehead atoms. The van der Waals surface area contributed by atoms with Gasteiger partial charge in [-0.2, -0.15) is 13.2 Å². The maximum atomic E-state index is 12.0. The van der Waals surface area contributed by atoms with Gasteiger partial charge < -0.3 is 9.50 Å². The highest BCUT2D eigenvalue weighted by Crippen LogP contribution is 2.21. The minimum Gasteiger partial charge on any atom is -0.426 e. The van der Waals surface area contributed by atoms with Gasteiger partial charge in [0.1, 0.15) is 5.75 Å². The van der Waals surface area contributed by atoms with Crippen molar-refractivity contribution in [3.8, 4) is 5.75 Å². The molecule has 0 aliphatic carbocycles. The van der Waals surface area contributed by atoms with E-state index in [0.717, 1.165) is 12.0 Å². The van der Waals surface area contributed by atoms with Gasteiger partial charge in [0.2, 0.25) is 0 Å². The van der Waals surface area contributed by atoms with E-state index in [2.05, 4.69) is 0 Å². The molecule has 0 aliphatic heterocycles. The minimum absolute atomic E-state index is 0.227. The van der Waals surface area contributed by atoms with Crippen molar-refractivity contribution < 1.29 is 22.1 Å². The van der Waals surface area contributed by atoms with Crippen molar-refractivity contribution in [3.63, 3.8) is 0 Å². The Kier molecular flexibility index (Phi) is 4.68. The Bertz CT molecular complexity index is 395. The number of carbonyl (C=O) groups is 1. The fourth-order valence-electron chi connectivity index (χ4n) is 1.10. The van der Waals surface area contributed by atoms with Crippen LogP contribution in [0.25, 0.3) is 0 Å². The molecule has 0 saturated carbocycles. The third kappa shape index (κ3) is 4.18. The average Bonchev–Trinajstić information content (AvgIpc) is 2.26. The molecule has 7 heteroatoms. The highest BCUT2D eigenvalue weighted by molar-refractivity contribution is 7.94. The zero-order chi connectivity index (χ0) is 12.9. The Morgan fingerprint density at radius 1 is 1.41 bits per heavy atom. The molecule has 0 spiro atoms. The van der Waals surface area contributed by atoms with Gasteiger partial charge in [-0.15, -0.1) is 0 Å². The first kappa shape index (κ1) is 13.7. The van der Waals surface area contributed by atoms with E-state index >= 15 is 0 Å². The van der Waals surface area contributed by atoms with Crippen molar-refractivity contribution >= 4 is 17.9 Å². The Balaban J connectivity index is 2.66. The zero-order valence-corrected chi connectivity index (χ0v) is 9.69. The Labute approximate surface area is 101 Å². The molecule has 0 saturated heterocycles. The van der Waals surface area contributed by atoms with Crippen molar-refractivity contribution in [1.82, 2.24) is 5.32 Å². The number of nitrogens with one attached hydrogen (secondary N) is 1. The van der Waals surface area contributed by atoms with E-state index in [9.17, 15) is 18.0 Å². The second-order valence-electron chi connectivity index (χ2n) is 3.04. The van der Waals surface area contributed by atoms with Crippen LogP contribution >= 0.6 is 12.0 Å². The summed E-state index contributed by atoms with van der Waals surface area (Å²) in [5.41, 5.74) is 0.486. The van der Waals surface area contributed by atoms with Gasteiger partial charge in [-0.3, -0.25) is 4.79 Å². The summed E-state index contributed by atoms with van der Waals surface area (Å²) in [7, 11) is 0. The van der Waals surface area contributed by atoms with Gasteiger partial charge >= 0.3 is 12.1 Å². The summed E-state index contributed by atoms with van der Waals surface area (Å²) in [5, 5.41) is 1.78. The molecule has 0 unspecified atom stereocenters. The smallest absolute Gasteiger partial charge is 0.426 e. The molecular formula is C10H10F3NO2S. The summed E-state index contributed by atoms with van der Waals surface area (Å²) in [6.07, 6.45) is -3.18. The van der Waals surface area contributed by atoms with Gasteiger partial charge in [0.15, 0.2) is 0 Å². The maximum absolute atomic E-state index is 12.0. The van der Waals surface area contributed by atoms with E-state index in [4.69, 9.17) is 4.18 Å². The van der Waals surface area contributed by atoms with Crippen LogP contribution in [0.4, 0.5) is 13.2 Å². The van der Waals surface area contributed by atoms with Crippen molar-refractivity contribution in [2.45, 2.75) is 12.7 Å². The SMILES string of the molecule is CSOc1ccccc1CNC(=O)C(F)(F)F. The maximum Gasteiger partial charge on any atom is 0.471 e. The molecule has 0 aliphatic rings. The van der Waals surface area contributed by atoms with Gasteiger partial charge in [-0.05, 0) is 6.07 Å². The van der Waals surface area contributed by atoms with Gasteiger partial charge in [0, 0.05) is 18.4 Å². The van der Waals surface area contributed by atoms with Crippen LogP contribution < -0.4 is 9.50 Å². The van der Waals surface area contributed by atoms with Crippen LogP contribution in [0.2, 0.25) is 0 Å². The molecule has 94 valence electrons. The lowest BCUT2D eigenvalue weighted by atomic mass is 10.2. The van der Waals surface area contributed by atoms with Crippen LogP contribution in [0.15, 0.2) is 24.3 Å². The van der Waals surface area contributed by atoms with E-state index in [1.54, 1.807) is 35.8 Å². The number of alkyl halides is 3. The van der Waals surface area contributed by atoms with E-state index in [-0.39, 0.29) is 6.54 Å². The third-order valence-corrected chi connectivity index (χ3v) is 2.19. The Hall–Kier alpha value is -1.37. The lowest BCUT2D eigenvalue weighted by Gasteiger charge is -2.10. The summed E-state index contributed by atoms with van der Waals surface area (Å²) in [6, 6.07) is 6.55. The largest absolute Gasteiger partial charge is 0.471 e. The van der Waals surface area contributed by atoms with Gasteiger partial charge in [0.05, 0.1) is 12.0 Å². The molecule has 0 atom stereocenters. The van der Waals surface area contributed by atoms with Crippen molar-refractivity contribution in [2.24, 2.45) is 0 Å². The number of rotatable bonds is 4. The van der Waals surface area contributed by atoms with E-state index < -0.39 is 12.1 Å². The topological polar surface area (TPSA) is 38.3 Å². The van der Waals surface area contributed by atoms with Crippen LogP contribution in [0.5, 0.6) is 5.75 Å². The fourth-order valence-corrected chi connectivity index (χ4v) is 1.44. The summed E-state index contributed by atoms with van der Waals surface area (Å²) in [4.78, 5) is 10.6. The van der Waals surface area contributed by atoms with Gasteiger partial charge in [-0.25, -0.2) is 0 Å². The molecule has 0 heterocycles. The summed E-state index contributed by atoms with van der Waals surface area (Å²) >= 11 is 1.07. The van der Waals surface area contributed by atoms with Crippen LogP contribution in [0.3, 0.4) is 0 Å². The van der Waals surface area contributed by atoms with E-state index in [1.165, 1.54) is 0 Å². The molecule has 1 aromatic rings. The third-order valence-electron chi connectivity index (χ3n) is 1.84. The number of hydrogen-bond acceptors (Lipinski definition) is 3. The molecule has 0 radical (unpaired) electrons. The summed E-state index contributed by atoms with van der Waals surface area (Å²) in [5.74, 6) is -1.53. The predicted octanol–water partition coefficient (Wildman–Crippen LogP) is 2.52. The first-order valence-corrected chi connectivity index (χ1v) is 5.73. The molecule has 1 aromatic carbocycles. The molecule has 17 heavy (non-hydrogen) atoms. The van der Waals surface area contributed by atoms with Crippen molar-refractivity contribution in [3.05, 3.63) is 29.8 Å². The minimum atomic E-state index is -4.87. The second kappa shape index (κ2) is 5.81. The highest BCUT2D eigenvalue weighted by Gasteiger charge is 2.38. The molecule has 1 amide bonds. The monoisotopic (exact) mass is 265 g/mol. The number of para-hydroxylation sites is 1. The fraction of sp³-hybridized carbons (Fsp3) is 0.300. The quantitative estimate of drug-likeness (QED) is 0.850. The molecule has 1 rings (SSSR count). The number of hydrogen-bond donors (Lipinski definition) is 1. The van der Waals surface area contributed by atoms with Crippen molar-refractivity contribution in [2.75, 3.05) is 6.26 Å². The average molecular weight is 265 g/mol. The van der Waals surface area contributed by atoms with E-state index in [0.29, 0.717) is 11.3 Å². The predicted molar refractivity (Wildman–Crippen MR) is 58.5 cm³/mol. The van der Waals surface area contributed by atoms with Gasteiger partial charge in [0.25, 0.3) is 0 Å². The van der Waals surface area contributed by atoms with Crippen LogP contribution in [0.1, 0.15) is 5.56 Å². The molecule has 0 fully saturated rings. The molecule has 1 N–H and O–H groups in total. The first-order chi connectivity index (χ1) is 7.95. The standard InChI is InChI=1S/C10H10F3NO2S/c1-17-16-8-5-3-2-4-7(8)6-14-9(15)10(11,12)13/h2-5H,6H2,1H3,(H,14,15). The number of amides is 1. The van der Waals surface area contributed by atoms with E-state index in [1.807, 2.05) is 0 Å². The number of halogens is 3. The zero-order valence-electron chi connectivity index (χ0n) is 8.88.